The fourth-order valence-electron chi connectivity index (χ4n) is 1.56. The summed E-state index contributed by atoms with van der Waals surface area (Å²) in [5, 5.41) is 1.51. The molecule has 2 heteroatoms. The first-order valence-electron chi connectivity index (χ1n) is 5.91. The number of hydrogen-bond acceptors (Lipinski definition) is 0. The summed E-state index contributed by atoms with van der Waals surface area (Å²) >= 11 is 1.41. The standard InChI is InChI=1S/C11H23.Al.ClH.2H/c1-3-5-7-9-11-10-8-6-4-2;;;;/h1,3-11H2,2H3;;1H;;. The SMILES string of the molecule is CCCCCCCCCC[CH2][AlH2].Cl. The van der Waals surface area contributed by atoms with Crippen molar-refractivity contribution >= 4 is 28.7 Å². The van der Waals surface area contributed by atoms with Gasteiger partial charge in [0.15, 0.2) is 0 Å². The highest BCUT2D eigenvalue weighted by atomic mass is 35.5. The lowest BCUT2D eigenvalue weighted by Crippen LogP contribution is -1.80. The van der Waals surface area contributed by atoms with Crippen LogP contribution in [0.2, 0.25) is 5.28 Å². The highest BCUT2D eigenvalue weighted by molar-refractivity contribution is 6.08. The van der Waals surface area contributed by atoms with Crippen LogP contribution in [0.3, 0.4) is 0 Å². The Balaban J connectivity index is 0. The highest BCUT2D eigenvalue weighted by Gasteiger charge is 1.90. The molecule has 13 heavy (non-hydrogen) atoms. The smallest absolute Gasteiger partial charge is 0.147 e. The molecule has 0 atom stereocenters. The van der Waals surface area contributed by atoms with Crippen LogP contribution in [0.15, 0.2) is 0 Å². The lowest BCUT2D eigenvalue weighted by atomic mass is 10.1. The summed E-state index contributed by atoms with van der Waals surface area (Å²) in [4.78, 5) is 0. The van der Waals surface area contributed by atoms with Gasteiger partial charge in [-0.3, -0.25) is 0 Å². The molecule has 0 N–H and O–H groups in total. The Kier molecular flexibility index (Phi) is 19.1. The largest absolute Gasteiger partial charge is 0.211 e. The second kappa shape index (κ2) is 15.3. The molecule has 0 aromatic heterocycles. The Hall–Kier alpha value is 0.822. The predicted molar refractivity (Wildman–Crippen MR) is 67.8 cm³/mol. The first-order chi connectivity index (χ1) is 5.91. The van der Waals surface area contributed by atoms with Crippen LogP contribution in [0, 0.1) is 0 Å². The molecule has 0 nitrogen and oxygen atoms in total. The van der Waals surface area contributed by atoms with Gasteiger partial charge >= 0.3 is 0 Å². The molecule has 0 saturated carbocycles. The summed E-state index contributed by atoms with van der Waals surface area (Å²) in [6, 6.07) is 0. The quantitative estimate of drug-likeness (QED) is 0.407. The van der Waals surface area contributed by atoms with Crippen LogP contribution in [0.1, 0.15) is 64.7 Å². The molecule has 0 unspecified atom stereocenters. The molecule has 0 radical (unpaired) electrons. The van der Waals surface area contributed by atoms with E-state index in [0.717, 1.165) is 0 Å². The first kappa shape index (κ1) is 16.3. The zero-order valence-corrected chi connectivity index (χ0v) is 12.3. The van der Waals surface area contributed by atoms with Crippen LogP contribution in [-0.2, 0) is 0 Å². The van der Waals surface area contributed by atoms with Gasteiger partial charge in [0.05, 0.1) is 0 Å². The molecule has 0 aliphatic rings. The summed E-state index contributed by atoms with van der Waals surface area (Å²) in [6.45, 7) is 2.28. The Labute approximate surface area is 98.7 Å². The van der Waals surface area contributed by atoms with E-state index < -0.39 is 0 Å². The molecule has 80 valence electrons. The predicted octanol–water partition coefficient (Wildman–Crippen LogP) is 3.99. The van der Waals surface area contributed by atoms with Crippen LogP contribution in [-0.4, -0.2) is 16.3 Å². The zero-order valence-electron chi connectivity index (χ0n) is 9.48. The second-order valence-electron chi connectivity index (χ2n) is 3.83. The van der Waals surface area contributed by atoms with Gasteiger partial charge in [-0.25, -0.2) is 0 Å². The van der Waals surface area contributed by atoms with Gasteiger partial charge in [0, 0.05) is 0 Å². The number of hydrogen-bond donors (Lipinski definition) is 0. The molecular weight excluding hydrogens is 195 g/mol. The molecule has 0 aliphatic carbocycles. The Morgan fingerprint density at radius 2 is 1.08 bits per heavy atom. The summed E-state index contributed by atoms with van der Waals surface area (Å²) in [6.07, 6.45) is 13.2. The average Bonchev–Trinajstić information content (AvgIpc) is 2.10. The minimum atomic E-state index is 0. The van der Waals surface area contributed by atoms with Gasteiger partial charge in [-0.05, 0) is 0 Å². The number of rotatable bonds is 9. The minimum absolute atomic E-state index is 0. The highest BCUT2D eigenvalue weighted by Crippen LogP contribution is 2.09. The Bertz CT molecular complexity index is 66.5. The fourth-order valence-corrected chi connectivity index (χ4v) is 2.06. The molecule has 0 spiro atoms. The van der Waals surface area contributed by atoms with Crippen molar-refractivity contribution in [2.45, 2.75) is 70.0 Å². The van der Waals surface area contributed by atoms with Gasteiger partial charge < -0.3 is 0 Å². The van der Waals surface area contributed by atoms with Crippen molar-refractivity contribution in [3.8, 4) is 0 Å². The van der Waals surface area contributed by atoms with Gasteiger partial charge in [0.1, 0.15) is 0 Å². The normalized spacial score (nSPS) is 9.62. The molecule has 0 aromatic rings. The van der Waals surface area contributed by atoms with Gasteiger partial charge in [-0.15, -0.1) is 17.7 Å². The van der Waals surface area contributed by atoms with Crippen molar-refractivity contribution in [1.82, 2.24) is 0 Å². The average molecular weight is 221 g/mol. The van der Waals surface area contributed by atoms with Crippen molar-refractivity contribution in [2.24, 2.45) is 0 Å². The van der Waals surface area contributed by atoms with Crippen LogP contribution < -0.4 is 0 Å². The summed E-state index contributed by atoms with van der Waals surface area (Å²) < 4.78 is 0. The molecule has 0 fully saturated rings. The van der Waals surface area contributed by atoms with E-state index in [1.54, 1.807) is 0 Å². The van der Waals surface area contributed by atoms with Gasteiger partial charge in [0.25, 0.3) is 0 Å². The molecule has 0 aliphatic heterocycles. The van der Waals surface area contributed by atoms with Crippen LogP contribution >= 0.6 is 12.4 Å². The van der Waals surface area contributed by atoms with E-state index in [1.165, 1.54) is 79.4 Å². The number of unbranched alkanes of at least 4 members (excludes halogenated alkanes) is 8. The maximum atomic E-state index is 2.28. The van der Waals surface area contributed by atoms with E-state index >= 15 is 0 Å². The topological polar surface area (TPSA) is 0 Å². The van der Waals surface area contributed by atoms with Crippen molar-refractivity contribution in [3.05, 3.63) is 0 Å². The van der Waals surface area contributed by atoms with E-state index in [-0.39, 0.29) is 12.4 Å². The molecule has 0 heterocycles. The van der Waals surface area contributed by atoms with Crippen LogP contribution in [0.4, 0.5) is 0 Å². The zero-order chi connectivity index (χ0) is 9.07. The van der Waals surface area contributed by atoms with E-state index in [4.69, 9.17) is 0 Å². The molecule has 0 bridgehead atoms. The first-order valence-corrected chi connectivity index (χ1v) is 7.33. The van der Waals surface area contributed by atoms with Crippen LogP contribution in [0.25, 0.3) is 0 Å². The Morgan fingerprint density at radius 1 is 0.692 bits per heavy atom. The van der Waals surface area contributed by atoms with Gasteiger partial charge in [0.2, 0.25) is 16.3 Å². The Morgan fingerprint density at radius 3 is 1.46 bits per heavy atom. The molecule has 0 saturated heterocycles. The van der Waals surface area contributed by atoms with Crippen molar-refractivity contribution < 1.29 is 0 Å². The third kappa shape index (κ3) is 15.6. The maximum Gasteiger partial charge on any atom is 0.211 e. The van der Waals surface area contributed by atoms with E-state index in [2.05, 4.69) is 6.92 Å². The maximum absolute atomic E-state index is 2.28. The van der Waals surface area contributed by atoms with Crippen LogP contribution in [0.5, 0.6) is 0 Å². The summed E-state index contributed by atoms with van der Waals surface area (Å²) in [5.74, 6) is 0. The fraction of sp³-hybridized carbons (Fsp3) is 1.00. The molecule has 0 aromatic carbocycles. The van der Waals surface area contributed by atoms with Gasteiger partial charge in [-0.1, -0.05) is 64.7 Å². The molecule has 0 rings (SSSR count). The second-order valence-corrected chi connectivity index (χ2v) is 4.83. The number of halogens is 1. The monoisotopic (exact) mass is 220 g/mol. The van der Waals surface area contributed by atoms with Crippen molar-refractivity contribution in [1.29, 1.82) is 0 Å². The third-order valence-electron chi connectivity index (χ3n) is 2.46. The van der Waals surface area contributed by atoms with E-state index in [0.29, 0.717) is 0 Å². The summed E-state index contributed by atoms with van der Waals surface area (Å²) in [5.41, 5.74) is 0. The summed E-state index contributed by atoms with van der Waals surface area (Å²) in [7, 11) is 0. The van der Waals surface area contributed by atoms with Crippen molar-refractivity contribution in [3.63, 3.8) is 0 Å². The van der Waals surface area contributed by atoms with E-state index in [9.17, 15) is 0 Å². The lowest BCUT2D eigenvalue weighted by molar-refractivity contribution is 0.572. The minimum Gasteiger partial charge on any atom is -0.147 e. The van der Waals surface area contributed by atoms with Gasteiger partial charge in [-0.2, -0.15) is 0 Å². The molecular formula is C11H26AlCl. The third-order valence-corrected chi connectivity index (χ3v) is 3.16. The lowest BCUT2D eigenvalue weighted by Gasteiger charge is -1.99. The van der Waals surface area contributed by atoms with Crippen molar-refractivity contribution in [2.75, 3.05) is 0 Å². The van der Waals surface area contributed by atoms with E-state index in [1.807, 2.05) is 0 Å². The molecule has 0 amide bonds.